The monoisotopic (exact) mass is 298 g/mol. The highest BCUT2D eigenvalue weighted by atomic mass is 79.9. The van der Waals surface area contributed by atoms with Crippen LogP contribution in [0.1, 0.15) is 48.7 Å². The number of aryl methyl sites for hydroxylation is 2. The highest BCUT2D eigenvalue weighted by Crippen LogP contribution is 2.44. The molecule has 1 aromatic carbocycles. The Balaban J connectivity index is 3.17. The van der Waals surface area contributed by atoms with Gasteiger partial charge < -0.3 is 4.74 Å². The first-order valence-corrected chi connectivity index (χ1v) is 7.04. The Morgan fingerprint density at radius 1 is 1.24 bits per heavy atom. The average molecular weight is 299 g/mol. The summed E-state index contributed by atoms with van der Waals surface area (Å²) in [7, 11) is 1.73. The first-order chi connectivity index (χ1) is 7.83. The van der Waals surface area contributed by atoms with E-state index in [9.17, 15) is 0 Å². The number of methoxy groups -OCH3 is 1. The van der Waals surface area contributed by atoms with Crippen molar-refractivity contribution in [2.45, 2.75) is 45.9 Å². The smallest absolute Gasteiger partial charge is 0.124 e. The van der Waals surface area contributed by atoms with Crippen molar-refractivity contribution in [3.63, 3.8) is 0 Å². The van der Waals surface area contributed by atoms with E-state index in [4.69, 9.17) is 4.74 Å². The summed E-state index contributed by atoms with van der Waals surface area (Å²) < 4.78 is 5.41. The lowest BCUT2D eigenvalue weighted by molar-refractivity contribution is 0.345. The fraction of sp³-hybridized carbons (Fsp3) is 0.600. The Kier molecular flexibility index (Phi) is 4.65. The molecule has 0 fully saturated rings. The second-order valence-corrected chi connectivity index (χ2v) is 6.31. The van der Waals surface area contributed by atoms with Gasteiger partial charge in [0.2, 0.25) is 0 Å². The van der Waals surface area contributed by atoms with Gasteiger partial charge in [-0.15, -0.1) is 0 Å². The van der Waals surface area contributed by atoms with E-state index in [1.807, 2.05) is 0 Å². The Morgan fingerprint density at radius 3 is 2.06 bits per heavy atom. The van der Waals surface area contributed by atoms with E-state index < -0.39 is 0 Å². The number of ether oxygens (including phenoxy) is 1. The lowest BCUT2D eigenvalue weighted by Crippen LogP contribution is -2.16. The van der Waals surface area contributed by atoms with Gasteiger partial charge in [0, 0.05) is 4.83 Å². The summed E-state index contributed by atoms with van der Waals surface area (Å²) in [5.41, 5.74) is 4.01. The van der Waals surface area contributed by atoms with Crippen molar-refractivity contribution >= 4 is 15.9 Å². The minimum Gasteiger partial charge on any atom is -0.496 e. The summed E-state index contributed by atoms with van der Waals surface area (Å²) in [5, 5.41) is 0. The maximum Gasteiger partial charge on any atom is 0.124 e. The summed E-state index contributed by atoms with van der Waals surface area (Å²) in [6.07, 6.45) is 1.15. The minimum absolute atomic E-state index is 0.257. The molecule has 0 heterocycles. The molecule has 0 aromatic heterocycles. The lowest BCUT2D eigenvalue weighted by Gasteiger charge is -2.30. The summed E-state index contributed by atoms with van der Waals surface area (Å²) in [6.45, 7) is 11.0. The highest BCUT2D eigenvalue weighted by Gasteiger charge is 2.27. The zero-order valence-corrected chi connectivity index (χ0v) is 13.3. The average Bonchev–Trinajstić information content (AvgIpc) is 2.27. The van der Waals surface area contributed by atoms with Crippen molar-refractivity contribution in [1.82, 2.24) is 0 Å². The molecule has 1 aromatic rings. The van der Waals surface area contributed by atoms with Crippen molar-refractivity contribution in [2.24, 2.45) is 5.41 Å². The molecular formula is C15H23BrO. The van der Waals surface area contributed by atoms with Crippen LogP contribution in [-0.4, -0.2) is 7.11 Å². The second-order valence-electron chi connectivity index (χ2n) is 5.39. The van der Waals surface area contributed by atoms with Crippen molar-refractivity contribution in [3.05, 3.63) is 28.8 Å². The molecule has 2 heteroatoms. The molecule has 0 saturated heterocycles. The van der Waals surface area contributed by atoms with Gasteiger partial charge in [0.15, 0.2) is 0 Å². The summed E-state index contributed by atoms with van der Waals surface area (Å²) in [4.78, 5) is 0.378. The van der Waals surface area contributed by atoms with E-state index in [-0.39, 0.29) is 5.41 Å². The molecule has 1 atom stereocenters. The first kappa shape index (κ1) is 14.6. The lowest BCUT2D eigenvalue weighted by atomic mass is 9.82. The maximum atomic E-state index is 5.41. The number of hydrogen-bond acceptors (Lipinski definition) is 1. The standard InChI is InChI=1S/C15H23BrO/c1-7-15(4,5)14(16)12-8-10(2)13(17-6)11(3)9-12/h8-9,14H,7H2,1-6H3. The van der Waals surface area contributed by atoms with Gasteiger partial charge in [0.05, 0.1) is 7.11 Å². The first-order valence-electron chi connectivity index (χ1n) is 6.12. The predicted molar refractivity (Wildman–Crippen MR) is 78.2 cm³/mol. The zero-order chi connectivity index (χ0) is 13.2. The third kappa shape index (κ3) is 3.04. The predicted octanol–water partition coefficient (Wildman–Crippen LogP) is 5.18. The third-order valence-corrected chi connectivity index (χ3v) is 5.34. The van der Waals surface area contributed by atoms with E-state index in [0.29, 0.717) is 4.83 Å². The van der Waals surface area contributed by atoms with Crippen molar-refractivity contribution in [3.8, 4) is 5.75 Å². The zero-order valence-electron chi connectivity index (χ0n) is 11.7. The highest BCUT2D eigenvalue weighted by molar-refractivity contribution is 9.09. The van der Waals surface area contributed by atoms with Crippen molar-refractivity contribution < 1.29 is 4.74 Å². The van der Waals surface area contributed by atoms with Gasteiger partial charge in [0.1, 0.15) is 5.75 Å². The van der Waals surface area contributed by atoms with Gasteiger partial charge in [0.25, 0.3) is 0 Å². The largest absolute Gasteiger partial charge is 0.496 e. The van der Waals surface area contributed by atoms with Gasteiger partial charge in [-0.2, -0.15) is 0 Å². The van der Waals surface area contributed by atoms with Crippen LogP contribution in [0.15, 0.2) is 12.1 Å². The van der Waals surface area contributed by atoms with E-state index in [1.165, 1.54) is 16.7 Å². The fourth-order valence-electron chi connectivity index (χ4n) is 2.08. The molecule has 17 heavy (non-hydrogen) atoms. The molecule has 0 N–H and O–H groups in total. The van der Waals surface area contributed by atoms with Crippen LogP contribution in [0, 0.1) is 19.3 Å². The van der Waals surface area contributed by atoms with E-state index in [1.54, 1.807) is 7.11 Å². The van der Waals surface area contributed by atoms with Crippen LogP contribution in [0.3, 0.4) is 0 Å². The quantitative estimate of drug-likeness (QED) is 0.696. The van der Waals surface area contributed by atoms with E-state index >= 15 is 0 Å². The van der Waals surface area contributed by atoms with Crippen LogP contribution in [0.2, 0.25) is 0 Å². The molecule has 1 rings (SSSR count). The van der Waals surface area contributed by atoms with Gasteiger partial charge in [-0.1, -0.05) is 48.8 Å². The number of rotatable bonds is 4. The Labute approximate surface area is 114 Å². The maximum absolute atomic E-state index is 5.41. The number of benzene rings is 1. The summed E-state index contributed by atoms with van der Waals surface area (Å²) in [6, 6.07) is 4.45. The Hall–Kier alpha value is -0.500. The second kappa shape index (κ2) is 5.43. The van der Waals surface area contributed by atoms with Gasteiger partial charge in [-0.25, -0.2) is 0 Å². The van der Waals surface area contributed by atoms with Gasteiger partial charge >= 0.3 is 0 Å². The van der Waals surface area contributed by atoms with Crippen LogP contribution >= 0.6 is 15.9 Å². The minimum atomic E-state index is 0.257. The van der Waals surface area contributed by atoms with Crippen molar-refractivity contribution in [2.75, 3.05) is 7.11 Å². The number of hydrogen-bond donors (Lipinski definition) is 0. The number of halogens is 1. The molecule has 1 unspecified atom stereocenters. The Bertz CT molecular complexity index is 373. The van der Waals surface area contributed by atoms with Crippen molar-refractivity contribution in [1.29, 1.82) is 0 Å². The molecule has 0 radical (unpaired) electrons. The molecule has 96 valence electrons. The molecule has 0 aliphatic carbocycles. The summed E-state index contributed by atoms with van der Waals surface area (Å²) >= 11 is 3.84. The molecule has 1 nitrogen and oxygen atoms in total. The van der Waals surface area contributed by atoms with Crippen LogP contribution in [-0.2, 0) is 0 Å². The topological polar surface area (TPSA) is 9.23 Å². The molecule has 0 saturated carbocycles. The van der Waals surface area contributed by atoms with E-state index in [2.05, 4.69) is 62.7 Å². The van der Waals surface area contributed by atoms with Crippen LogP contribution in [0.4, 0.5) is 0 Å². The molecule has 0 aliphatic heterocycles. The molecule has 0 amide bonds. The molecule has 0 aliphatic rings. The molecule has 0 spiro atoms. The third-order valence-electron chi connectivity index (χ3n) is 3.58. The fourth-order valence-corrected chi connectivity index (χ4v) is 2.67. The normalized spacial score (nSPS) is 13.6. The molecule has 0 bridgehead atoms. The molecular weight excluding hydrogens is 276 g/mol. The van der Waals surface area contributed by atoms with E-state index in [0.717, 1.165) is 12.2 Å². The van der Waals surface area contributed by atoms with Gasteiger partial charge in [-0.3, -0.25) is 0 Å². The van der Waals surface area contributed by atoms with Crippen LogP contribution in [0.5, 0.6) is 5.75 Å². The van der Waals surface area contributed by atoms with Gasteiger partial charge in [-0.05, 0) is 42.4 Å². The SMILES string of the molecule is CCC(C)(C)C(Br)c1cc(C)c(OC)c(C)c1. The number of alkyl halides is 1. The summed E-state index contributed by atoms with van der Waals surface area (Å²) in [5.74, 6) is 1.00. The van der Waals surface area contributed by atoms with Crippen LogP contribution < -0.4 is 4.74 Å². The Morgan fingerprint density at radius 2 is 1.71 bits per heavy atom. The van der Waals surface area contributed by atoms with Crippen LogP contribution in [0.25, 0.3) is 0 Å².